The van der Waals surface area contributed by atoms with Crippen LogP contribution in [0, 0.1) is 5.92 Å². The fourth-order valence-corrected chi connectivity index (χ4v) is 1.88. The summed E-state index contributed by atoms with van der Waals surface area (Å²) in [6.45, 7) is 2.51. The molecular formula is C10H17N5O. The molecule has 1 saturated heterocycles. The maximum atomic E-state index is 11.7. The van der Waals surface area contributed by atoms with Crippen LogP contribution < -0.4 is 10.6 Å². The fraction of sp³-hybridized carbons (Fsp3) is 0.700. The Labute approximate surface area is 94.2 Å². The van der Waals surface area contributed by atoms with E-state index in [9.17, 15) is 4.79 Å². The zero-order valence-electron chi connectivity index (χ0n) is 9.20. The van der Waals surface area contributed by atoms with E-state index in [1.807, 2.05) is 0 Å². The van der Waals surface area contributed by atoms with Gasteiger partial charge in [-0.1, -0.05) is 0 Å². The van der Waals surface area contributed by atoms with Crippen molar-refractivity contribution in [2.75, 3.05) is 19.6 Å². The molecule has 1 aliphatic heterocycles. The molecule has 0 bridgehead atoms. The second-order valence-electron chi connectivity index (χ2n) is 4.00. The van der Waals surface area contributed by atoms with Gasteiger partial charge in [-0.2, -0.15) is 5.10 Å². The molecule has 3 N–H and O–H groups in total. The molecule has 0 spiro atoms. The van der Waals surface area contributed by atoms with Crippen molar-refractivity contribution in [2.24, 2.45) is 5.92 Å². The monoisotopic (exact) mass is 223 g/mol. The Bertz CT molecular complexity index is 318. The normalized spacial score (nSPS) is 17.2. The van der Waals surface area contributed by atoms with Crippen LogP contribution in [0.3, 0.4) is 0 Å². The van der Waals surface area contributed by atoms with Crippen LogP contribution in [0.15, 0.2) is 6.33 Å². The standard InChI is InChI=1S/C10H17N5O/c16-10(8-1-4-11-5-2-8)12-6-3-9-13-7-14-15-9/h7-8,11H,1-6H2,(H,12,16)(H,13,14,15). The lowest BCUT2D eigenvalue weighted by atomic mass is 9.97. The minimum Gasteiger partial charge on any atom is -0.355 e. The van der Waals surface area contributed by atoms with Gasteiger partial charge in [0.25, 0.3) is 0 Å². The van der Waals surface area contributed by atoms with E-state index in [1.165, 1.54) is 6.33 Å². The van der Waals surface area contributed by atoms with E-state index in [2.05, 4.69) is 25.8 Å². The van der Waals surface area contributed by atoms with Crippen molar-refractivity contribution in [3.8, 4) is 0 Å². The van der Waals surface area contributed by atoms with Crippen molar-refractivity contribution in [3.63, 3.8) is 0 Å². The number of aromatic amines is 1. The van der Waals surface area contributed by atoms with Crippen LogP contribution in [0.4, 0.5) is 0 Å². The molecule has 2 rings (SSSR count). The smallest absolute Gasteiger partial charge is 0.223 e. The van der Waals surface area contributed by atoms with E-state index in [4.69, 9.17) is 0 Å². The van der Waals surface area contributed by atoms with Crippen molar-refractivity contribution in [2.45, 2.75) is 19.3 Å². The number of hydrogen-bond acceptors (Lipinski definition) is 4. The van der Waals surface area contributed by atoms with Gasteiger partial charge in [-0.3, -0.25) is 9.89 Å². The minimum atomic E-state index is 0.168. The summed E-state index contributed by atoms with van der Waals surface area (Å²) >= 11 is 0. The third kappa shape index (κ3) is 3.03. The SMILES string of the molecule is O=C(NCCc1ncn[nH]1)C1CCNCC1. The van der Waals surface area contributed by atoms with Crippen LogP contribution in [-0.4, -0.2) is 40.7 Å². The summed E-state index contributed by atoms with van der Waals surface area (Å²) in [6.07, 6.45) is 4.06. The molecular weight excluding hydrogens is 206 g/mol. The number of hydrogen-bond donors (Lipinski definition) is 3. The first-order chi connectivity index (χ1) is 7.86. The maximum absolute atomic E-state index is 11.7. The van der Waals surface area contributed by atoms with E-state index in [0.29, 0.717) is 13.0 Å². The van der Waals surface area contributed by atoms with Crippen LogP contribution in [0.5, 0.6) is 0 Å². The van der Waals surface area contributed by atoms with Crippen molar-refractivity contribution in [3.05, 3.63) is 12.2 Å². The zero-order chi connectivity index (χ0) is 11.2. The Kier molecular flexibility index (Phi) is 3.87. The molecule has 0 radical (unpaired) electrons. The highest BCUT2D eigenvalue weighted by molar-refractivity contribution is 5.78. The molecule has 2 heterocycles. The molecule has 16 heavy (non-hydrogen) atoms. The number of H-pyrrole nitrogens is 1. The third-order valence-corrected chi connectivity index (χ3v) is 2.84. The number of amides is 1. The average molecular weight is 223 g/mol. The minimum absolute atomic E-state index is 0.168. The molecule has 1 aliphatic rings. The Morgan fingerprint density at radius 2 is 2.31 bits per heavy atom. The molecule has 88 valence electrons. The van der Waals surface area contributed by atoms with Gasteiger partial charge in [-0.15, -0.1) is 0 Å². The second kappa shape index (κ2) is 5.60. The van der Waals surface area contributed by atoms with Gasteiger partial charge in [0, 0.05) is 18.9 Å². The highest BCUT2D eigenvalue weighted by Crippen LogP contribution is 2.10. The van der Waals surface area contributed by atoms with Crippen LogP contribution in [0.2, 0.25) is 0 Å². The highest BCUT2D eigenvalue weighted by Gasteiger charge is 2.20. The molecule has 0 aromatic carbocycles. The lowest BCUT2D eigenvalue weighted by Gasteiger charge is -2.21. The Balaban J connectivity index is 1.67. The number of carbonyl (C=O) groups excluding carboxylic acids is 1. The van der Waals surface area contributed by atoms with Gasteiger partial charge in [0.15, 0.2) is 0 Å². The zero-order valence-corrected chi connectivity index (χ0v) is 9.20. The highest BCUT2D eigenvalue weighted by atomic mass is 16.1. The molecule has 1 aromatic rings. The summed E-state index contributed by atoms with van der Waals surface area (Å²) < 4.78 is 0. The van der Waals surface area contributed by atoms with Crippen LogP contribution in [0.1, 0.15) is 18.7 Å². The van der Waals surface area contributed by atoms with Crippen LogP contribution in [-0.2, 0) is 11.2 Å². The van der Waals surface area contributed by atoms with E-state index < -0.39 is 0 Å². The molecule has 1 fully saturated rings. The number of piperidine rings is 1. The maximum Gasteiger partial charge on any atom is 0.223 e. The first-order valence-corrected chi connectivity index (χ1v) is 5.69. The molecule has 6 heteroatoms. The van der Waals surface area contributed by atoms with E-state index >= 15 is 0 Å². The van der Waals surface area contributed by atoms with Gasteiger partial charge in [0.1, 0.15) is 12.2 Å². The fourth-order valence-electron chi connectivity index (χ4n) is 1.88. The summed E-state index contributed by atoms with van der Waals surface area (Å²) in [5, 5.41) is 12.7. The van der Waals surface area contributed by atoms with Crippen LogP contribution >= 0.6 is 0 Å². The van der Waals surface area contributed by atoms with E-state index in [-0.39, 0.29) is 11.8 Å². The summed E-state index contributed by atoms with van der Waals surface area (Å²) in [4.78, 5) is 15.7. The number of rotatable bonds is 4. The van der Waals surface area contributed by atoms with Crippen LogP contribution in [0.25, 0.3) is 0 Å². The summed E-state index contributed by atoms with van der Waals surface area (Å²) in [5.41, 5.74) is 0. The first kappa shape index (κ1) is 11.1. The predicted octanol–water partition coefficient (Wildman–Crippen LogP) is -0.537. The Morgan fingerprint density at radius 1 is 1.50 bits per heavy atom. The first-order valence-electron chi connectivity index (χ1n) is 5.69. The van der Waals surface area contributed by atoms with Gasteiger partial charge in [0.05, 0.1) is 0 Å². The van der Waals surface area contributed by atoms with Gasteiger partial charge < -0.3 is 10.6 Å². The molecule has 0 saturated carbocycles. The molecule has 6 nitrogen and oxygen atoms in total. The summed E-state index contributed by atoms with van der Waals surface area (Å²) in [7, 11) is 0. The largest absolute Gasteiger partial charge is 0.355 e. The quantitative estimate of drug-likeness (QED) is 0.640. The molecule has 0 unspecified atom stereocenters. The molecule has 0 atom stereocenters. The number of nitrogens with zero attached hydrogens (tertiary/aromatic N) is 2. The number of nitrogens with one attached hydrogen (secondary N) is 3. The topological polar surface area (TPSA) is 82.7 Å². The lowest BCUT2D eigenvalue weighted by Crippen LogP contribution is -2.38. The van der Waals surface area contributed by atoms with Gasteiger partial charge in [-0.05, 0) is 25.9 Å². The summed E-state index contributed by atoms with van der Waals surface area (Å²) in [5.74, 6) is 1.16. The van der Waals surface area contributed by atoms with Crippen molar-refractivity contribution >= 4 is 5.91 Å². The number of carbonyl (C=O) groups is 1. The van der Waals surface area contributed by atoms with Crippen molar-refractivity contribution in [1.29, 1.82) is 0 Å². The average Bonchev–Trinajstić information content (AvgIpc) is 2.83. The van der Waals surface area contributed by atoms with Crippen molar-refractivity contribution < 1.29 is 4.79 Å². The third-order valence-electron chi connectivity index (χ3n) is 2.84. The second-order valence-corrected chi connectivity index (χ2v) is 4.00. The molecule has 0 aliphatic carbocycles. The van der Waals surface area contributed by atoms with Crippen molar-refractivity contribution in [1.82, 2.24) is 25.8 Å². The van der Waals surface area contributed by atoms with Gasteiger partial charge in [-0.25, -0.2) is 4.98 Å². The predicted molar refractivity (Wildman–Crippen MR) is 58.7 cm³/mol. The van der Waals surface area contributed by atoms with E-state index in [0.717, 1.165) is 31.8 Å². The van der Waals surface area contributed by atoms with E-state index in [1.54, 1.807) is 0 Å². The Hall–Kier alpha value is -1.43. The van der Waals surface area contributed by atoms with Gasteiger partial charge >= 0.3 is 0 Å². The van der Waals surface area contributed by atoms with Gasteiger partial charge in [0.2, 0.25) is 5.91 Å². The molecule has 1 amide bonds. The molecule has 1 aromatic heterocycles. The summed E-state index contributed by atoms with van der Waals surface area (Å²) in [6, 6.07) is 0. The lowest BCUT2D eigenvalue weighted by molar-refractivity contribution is -0.125. The number of aromatic nitrogens is 3. The Morgan fingerprint density at radius 3 is 3.00 bits per heavy atom.